The van der Waals surface area contributed by atoms with Gasteiger partial charge in [-0.25, -0.2) is 4.79 Å². The Morgan fingerprint density at radius 3 is 1.77 bits per heavy atom. The number of primary amides is 2. The van der Waals surface area contributed by atoms with E-state index in [2.05, 4.69) is 16.0 Å². The highest BCUT2D eigenvalue weighted by Gasteiger charge is 2.31. The second-order valence-corrected chi connectivity index (χ2v) is 9.64. The monoisotopic (exact) mass is 550 g/mol. The number of rotatable bonds is 17. The van der Waals surface area contributed by atoms with Gasteiger partial charge < -0.3 is 43.4 Å². The van der Waals surface area contributed by atoms with E-state index in [0.29, 0.717) is 5.56 Å². The van der Waals surface area contributed by atoms with Crippen LogP contribution in [0.25, 0.3) is 0 Å². The molecule has 1 rings (SSSR count). The number of nitrogens with two attached hydrogens (primary N) is 3. The van der Waals surface area contributed by atoms with Gasteiger partial charge in [-0.2, -0.15) is 0 Å². The molecule has 11 N–H and O–H groups in total. The molecule has 0 spiro atoms. The minimum Gasteiger partial charge on any atom is -0.508 e. The number of amides is 5. The van der Waals surface area contributed by atoms with E-state index in [1.54, 1.807) is 13.8 Å². The summed E-state index contributed by atoms with van der Waals surface area (Å²) in [6, 6.07) is 0.805. The van der Waals surface area contributed by atoms with E-state index in [4.69, 9.17) is 17.2 Å². The standard InChI is InChI=1S/C25H38N6O8/c1-13(2)11-19(25(38)39)31-24(37)18(12-14-3-5-15(32)6-4-14)30-23(36)17(8-10-21(28)34)29-22(35)16(26)7-9-20(27)33/h3-6,13,16-19,32H,7-12,26H2,1-2H3,(H2,27,33)(H2,28,34)(H,29,35)(H,30,36)(H,31,37)(H,38,39). The number of carbonyl (C=O) groups is 6. The molecule has 4 atom stereocenters. The highest BCUT2D eigenvalue weighted by molar-refractivity contribution is 5.94. The van der Waals surface area contributed by atoms with Crippen molar-refractivity contribution in [3.8, 4) is 5.75 Å². The molecule has 0 fully saturated rings. The predicted octanol–water partition coefficient (Wildman–Crippen LogP) is -1.62. The van der Waals surface area contributed by atoms with E-state index in [1.807, 2.05) is 0 Å². The first-order valence-electron chi connectivity index (χ1n) is 12.4. The average molecular weight is 551 g/mol. The number of aliphatic carboxylic acids is 1. The number of carboxylic acid groups (broad SMARTS) is 1. The number of aromatic hydroxyl groups is 1. The summed E-state index contributed by atoms with van der Waals surface area (Å²) < 4.78 is 0. The van der Waals surface area contributed by atoms with E-state index in [1.165, 1.54) is 24.3 Å². The first-order chi connectivity index (χ1) is 18.2. The molecule has 39 heavy (non-hydrogen) atoms. The van der Waals surface area contributed by atoms with E-state index < -0.39 is 59.7 Å². The molecule has 0 aliphatic rings. The first kappa shape index (κ1) is 32.8. The summed E-state index contributed by atoms with van der Waals surface area (Å²) in [5.41, 5.74) is 16.6. The van der Waals surface area contributed by atoms with Gasteiger partial charge in [-0.1, -0.05) is 26.0 Å². The van der Waals surface area contributed by atoms with E-state index in [9.17, 15) is 39.0 Å². The molecule has 14 nitrogen and oxygen atoms in total. The Labute approximate surface area is 226 Å². The third kappa shape index (κ3) is 12.7. The summed E-state index contributed by atoms with van der Waals surface area (Å²) in [5, 5.41) is 26.4. The van der Waals surface area contributed by atoms with Crippen molar-refractivity contribution in [1.29, 1.82) is 0 Å². The van der Waals surface area contributed by atoms with Gasteiger partial charge in [-0.3, -0.25) is 24.0 Å². The maximum absolute atomic E-state index is 13.2. The molecule has 5 amide bonds. The Hall–Kier alpha value is -4.20. The molecule has 4 unspecified atom stereocenters. The lowest BCUT2D eigenvalue weighted by Gasteiger charge is -2.25. The smallest absolute Gasteiger partial charge is 0.326 e. The molecule has 0 radical (unpaired) electrons. The van der Waals surface area contributed by atoms with Crippen molar-refractivity contribution in [3.63, 3.8) is 0 Å². The minimum atomic E-state index is -1.33. The quantitative estimate of drug-likeness (QED) is 0.111. The van der Waals surface area contributed by atoms with Crippen LogP contribution in [0, 0.1) is 5.92 Å². The Bertz CT molecular complexity index is 1030. The Kier molecular flexibility index (Phi) is 13.4. The molecule has 0 saturated heterocycles. The van der Waals surface area contributed by atoms with E-state index >= 15 is 0 Å². The second-order valence-electron chi connectivity index (χ2n) is 9.64. The molecular formula is C25H38N6O8. The van der Waals surface area contributed by atoms with Crippen LogP contribution in [0.3, 0.4) is 0 Å². The summed E-state index contributed by atoms with van der Waals surface area (Å²) in [4.78, 5) is 72.9. The highest BCUT2D eigenvalue weighted by Crippen LogP contribution is 2.13. The summed E-state index contributed by atoms with van der Waals surface area (Å²) >= 11 is 0. The number of nitrogens with one attached hydrogen (secondary N) is 3. The third-order valence-corrected chi connectivity index (χ3v) is 5.68. The van der Waals surface area contributed by atoms with Crippen molar-refractivity contribution in [3.05, 3.63) is 29.8 Å². The fourth-order valence-corrected chi connectivity index (χ4v) is 3.58. The average Bonchev–Trinajstić information content (AvgIpc) is 2.84. The van der Waals surface area contributed by atoms with Gasteiger partial charge in [0.2, 0.25) is 29.5 Å². The number of phenols is 1. The first-order valence-corrected chi connectivity index (χ1v) is 12.4. The number of hydrogen-bond acceptors (Lipinski definition) is 8. The van der Waals surface area contributed by atoms with Gasteiger partial charge in [0.25, 0.3) is 0 Å². The lowest BCUT2D eigenvalue weighted by Crippen LogP contribution is -2.57. The molecule has 0 aromatic heterocycles. The number of benzene rings is 1. The van der Waals surface area contributed by atoms with Crippen molar-refractivity contribution in [2.24, 2.45) is 23.1 Å². The summed E-state index contributed by atoms with van der Waals surface area (Å²) in [6.07, 6.45) is -0.679. The van der Waals surface area contributed by atoms with Crippen LogP contribution in [0.2, 0.25) is 0 Å². The molecule has 0 saturated carbocycles. The molecule has 14 heteroatoms. The lowest BCUT2D eigenvalue weighted by atomic mass is 10.0. The van der Waals surface area contributed by atoms with Crippen molar-refractivity contribution < 1.29 is 39.0 Å². The van der Waals surface area contributed by atoms with Gasteiger partial charge in [-0.15, -0.1) is 0 Å². The van der Waals surface area contributed by atoms with Crippen LogP contribution in [-0.2, 0) is 35.2 Å². The predicted molar refractivity (Wildman–Crippen MR) is 140 cm³/mol. The van der Waals surface area contributed by atoms with Gasteiger partial charge in [0.05, 0.1) is 6.04 Å². The molecule has 0 heterocycles. The number of hydrogen-bond donors (Lipinski definition) is 8. The zero-order chi connectivity index (χ0) is 29.7. The second kappa shape index (κ2) is 15.9. The van der Waals surface area contributed by atoms with Crippen molar-refractivity contribution >= 4 is 35.5 Å². The summed E-state index contributed by atoms with van der Waals surface area (Å²) in [7, 11) is 0. The maximum Gasteiger partial charge on any atom is 0.326 e. The fourth-order valence-electron chi connectivity index (χ4n) is 3.58. The lowest BCUT2D eigenvalue weighted by molar-refractivity contribution is -0.142. The fraction of sp³-hybridized carbons (Fsp3) is 0.520. The Balaban J connectivity index is 3.17. The van der Waals surface area contributed by atoms with Crippen LogP contribution in [0.1, 0.15) is 51.5 Å². The molecule has 216 valence electrons. The maximum atomic E-state index is 13.2. The zero-order valence-electron chi connectivity index (χ0n) is 22.0. The van der Waals surface area contributed by atoms with Crippen molar-refractivity contribution in [1.82, 2.24) is 16.0 Å². The topological polar surface area (TPSA) is 257 Å². The summed E-state index contributed by atoms with van der Waals surface area (Å²) in [5.74, 6) is -5.15. The molecular weight excluding hydrogens is 512 g/mol. The largest absolute Gasteiger partial charge is 0.508 e. The highest BCUT2D eigenvalue weighted by atomic mass is 16.4. The van der Waals surface area contributed by atoms with Gasteiger partial charge in [0.15, 0.2) is 0 Å². The molecule has 0 aliphatic heterocycles. The summed E-state index contributed by atoms with van der Waals surface area (Å²) in [6.45, 7) is 3.58. The molecule has 0 aliphatic carbocycles. The van der Waals surface area contributed by atoms with Gasteiger partial charge in [0, 0.05) is 19.3 Å². The molecule has 1 aromatic carbocycles. The number of carboxylic acids is 1. The van der Waals surface area contributed by atoms with Crippen LogP contribution >= 0.6 is 0 Å². The van der Waals surface area contributed by atoms with Gasteiger partial charge >= 0.3 is 5.97 Å². The Morgan fingerprint density at radius 2 is 1.26 bits per heavy atom. The zero-order valence-corrected chi connectivity index (χ0v) is 22.0. The van der Waals surface area contributed by atoms with E-state index in [-0.39, 0.29) is 50.2 Å². The molecule has 1 aromatic rings. The van der Waals surface area contributed by atoms with Crippen molar-refractivity contribution in [2.75, 3.05) is 0 Å². The SMILES string of the molecule is CC(C)CC(NC(=O)C(Cc1ccc(O)cc1)NC(=O)C(CCC(N)=O)NC(=O)C(N)CCC(N)=O)C(=O)O. The van der Waals surface area contributed by atoms with Crippen LogP contribution in [-0.4, -0.2) is 69.9 Å². The van der Waals surface area contributed by atoms with Crippen LogP contribution < -0.4 is 33.2 Å². The third-order valence-electron chi connectivity index (χ3n) is 5.68. The van der Waals surface area contributed by atoms with Crippen molar-refractivity contribution in [2.45, 2.75) is 76.5 Å². The number of carbonyl (C=O) groups excluding carboxylic acids is 5. The van der Waals surface area contributed by atoms with Gasteiger partial charge in [-0.05, 0) is 42.9 Å². The van der Waals surface area contributed by atoms with Crippen LogP contribution in [0.5, 0.6) is 5.75 Å². The Morgan fingerprint density at radius 1 is 0.769 bits per heavy atom. The van der Waals surface area contributed by atoms with Crippen LogP contribution in [0.15, 0.2) is 24.3 Å². The minimum absolute atomic E-state index is 0.0198. The van der Waals surface area contributed by atoms with Gasteiger partial charge in [0.1, 0.15) is 23.9 Å². The number of phenolic OH excluding ortho intramolecular Hbond substituents is 1. The molecule has 0 bridgehead atoms. The normalized spacial score (nSPS) is 13.9. The van der Waals surface area contributed by atoms with Crippen LogP contribution in [0.4, 0.5) is 0 Å². The van der Waals surface area contributed by atoms with E-state index in [0.717, 1.165) is 0 Å².